The minimum Gasteiger partial charge on any atom is -0.495 e. The second-order valence-electron chi connectivity index (χ2n) is 3.71. The number of methoxy groups -OCH3 is 1. The first-order chi connectivity index (χ1) is 8.63. The fourth-order valence-electron chi connectivity index (χ4n) is 1.62. The lowest BCUT2D eigenvalue weighted by atomic mass is 10.2. The maximum absolute atomic E-state index is 12.3. The molecule has 0 radical (unpaired) electrons. The summed E-state index contributed by atoms with van der Waals surface area (Å²) in [5, 5.41) is 1.84. The van der Waals surface area contributed by atoms with E-state index in [1.54, 1.807) is 25.1 Å². The molecule has 0 fully saturated rings. The molecule has 1 aromatic carbocycles. The number of hydrogen-bond acceptors (Lipinski definition) is 4. The average Bonchev–Trinajstić information content (AvgIpc) is 2.83. The molecule has 0 N–H and O–H groups in total. The Labute approximate surface area is 115 Å². The number of carbonyl (C=O) groups is 1. The summed E-state index contributed by atoms with van der Waals surface area (Å²) in [6.07, 6.45) is 0. The van der Waals surface area contributed by atoms with Gasteiger partial charge in [-0.2, -0.15) is 0 Å². The van der Waals surface area contributed by atoms with E-state index in [4.69, 9.17) is 4.74 Å². The van der Waals surface area contributed by atoms with Crippen LogP contribution >= 0.6 is 24.0 Å². The molecule has 1 heterocycles. The summed E-state index contributed by atoms with van der Waals surface area (Å²) >= 11 is 5.59. The van der Waals surface area contributed by atoms with Crippen molar-refractivity contribution in [2.24, 2.45) is 0 Å². The van der Waals surface area contributed by atoms with E-state index < -0.39 is 0 Å². The van der Waals surface area contributed by atoms with Gasteiger partial charge in [0.25, 0.3) is 5.91 Å². The Kier molecular flexibility index (Phi) is 3.93. The van der Waals surface area contributed by atoms with E-state index >= 15 is 0 Å². The summed E-state index contributed by atoms with van der Waals surface area (Å²) in [7, 11) is 3.33. The molecule has 0 unspecified atom stereocenters. The normalized spacial score (nSPS) is 10.2. The summed E-state index contributed by atoms with van der Waals surface area (Å²) in [4.78, 5) is 15.3. The zero-order valence-corrected chi connectivity index (χ0v) is 11.8. The second kappa shape index (κ2) is 5.46. The van der Waals surface area contributed by atoms with Crippen molar-refractivity contribution < 1.29 is 9.53 Å². The van der Waals surface area contributed by atoms with Crippen LogP contribution in [0, 0.1) is 0 Å². The molecule has 0 spiro atoms. The number of carbonyl (C=O) groups excluding carboxylic acids is 1. The minimum atomic E-state index is -0.0650. The van der Waals surface area contributed by atoms with Crippen molar-refractivity contribution in [1.82, 2.24) is 0 Å². The zero-order chi connectivity index (χ0) is 13.1. The first kappa shape index (κ1) is 13.0. The lowest BCUT2D eigenvalue weighted by Crippen LogP contribution is -2.25. The maximum Gasteiger partial charge on any atom is 0.268 e. The van der Waals surface area contributed by atoms with Crippen LogP contribution < -0.4 is 9.64 Å². The number of thiophene rings is 1. The number of anilines is 1. The highest BCUT2D eigenvalue weighted by atomic mass is 32.1. The first-order valence-electron chi connectivity index (χ1n) is 5.32. The van der Waals surface area contributed by atoms with Gasteiger partial charge in [-0.3, -0.25) is 4.79 Å². The minimum absolute atomic E-state index is 0.0650. The molecular weight excluding hydrogens is 266 g/mol. The van der Waals surface area contributed by atoms with Crippen LogP contribution in [0.15, 0.2) is 40.6 Å². The van der Waals surface area contributed by atoms with E-state index in [2.05, 4.69) is 12.6 Å². The van der Waals surface area contributed by atoms with E-state index in [9.17, 15) is 4.79 Å². The fourth-order valence-corrected chi connectivity index (χ4v) is 2.74. The van der Waals surface area contributed by atoms with Gasteiger partial charge in [0.1, 0.15) is 5.75 Å². The molecule has 3 nitrogen and oxygen atoms in total. The van der Waals surface area contributed by atoms with E-state index in [1.807, 2.05) is 29.6 Å². The number of rotatable bonds is 3. The topological polar surface area (TPSA) is 29.5 Å². The van der Waals surface area contributed by atoms with Gasteiger partial charge in [-0.25, -0.2) is 0 Å². The zero-order valence-electron chi connectivity index (χ0n) is 10.1. The van der Waals surface area contributed by atoms with Crippen molar-refractivity contribution in [2.75, 3.05) is 19.1 Å². The predicted octanol–water partition coefficient (Wildman–Crippen LogP) is 3.32. The molecular formula is C13H13NO2S2. The fraction of sp³-hybridized carbons (Fsp3) is 0.154. The Morgan fingerprint density at radius 2 is 2.11 bits per heavy atom. The molecule has 0 aliphatic heterocycles. The Hall–Kier alpha value is -1.46. The molecule has 18 heavy (non-hydrogen) atoms. The van der Waals surface area contributed by atoms with Gasteiger partial charge in [0.2, 0.25) is 0 Å². The molecule has 1 aromatic heterocycles. The number of ether oxygens (including phenoxy) is 1. The number of thiol groups is 1. The molecule has 2 rings (SSSR count). The molecule has 2 aromatic rings. The van der Waals surface area contributed by atoms with Crippen molar-refractivity contribution in [3.63, 3.8) is 0 Å². The van der Waals surface area contributed by atoms with Gasteiger partial charge in [-0.15, -0.1) is 24.0 Å². The molecule has 0 aliphatic rings. The van der Waals surface area contributed by atoms with Crippen LogP contribution in [0.25, 0.3) is 0 Å². The van der Waals surface area contributed by atoms with Gasteiger partial charge in [0.15, 0.2) is 0 Å². The van der Waals surface area contributed by atoms with E-state index in [0.717, 1.165) is 10.6 Å². The summed E-state index contributed by atoms with van der Waals surface area (Å²) < 4.78 is 5.25. The van der Waals surface area contributed by atoms with Crippen molar-refractivity contribution in [1.29, 1.82) is 0 Å². The standard InChI is InChI=1S/C13H13NO2S2/c1-14(10-5-3-4-6-11(10)16-2)13(15)12-7-9(17)8-18-12/h3-8,17H,1-2H3. The van der Waals surface area contributed by atoms with Gasteiger partial charge in [-0.05, 0) is 18.2 Å². The molecule has 0 atom stereocenters. The molecule has 1 amide bonds. The van der Waals surface area contributed by atoms with Crippen molar-refractivity contribution in [3.05, 3.63) is 40.6 Å². The van der Waals surface area contributed by atoms with Crippen LogP contribution in [0.2, 0.25) is 0 Å². The van der Waals surface area contributed by atoms with Crippen LogP contribution in [0.3, 0.4) is 0 Å². The smallest absolute Gasteiger partial charge is 0.268 e. The number of para-hydroxylation sites is 2. The third-order valence-corrected chi connectivity index (χ3v) is 3.90. The van der Waals surface area contributed by atoms with Crippen molar-refractivity contribution in [3.8, 4) is 5.75 Å². The van der Waals surface area contributed by atoms with E-state index in [-0.39, 0.29) is 5.91 Å². The van der Waals surface area contributed by atoms with Crippen LogP contribution in [0.5, 0.6) is 5.75 Å². The monoisotopic (exact) mass is 279 g/mol. The number of hydrogen-bond donors (Lipinski definition) is 1. The summed E-state index contributed by atoms with van der Waals surface area (Å²) in [6, 6.07) is 9.20. The van der Waals surface area contributed by atoms with Gasteiger partial charge >= 0.3 is 0 Å². The Morgan fingerprint density at radius 1 is 1.39 bits per heavy atom. The number of benzene rings is 1. The Bertz CT molecular complexity index is 566. The van der Waals surface area contributed by atoms with E-state index in [1.165, 1.54) is 11.3 Å². The lowest BCUT2D eigenvalue weighted by Gasteiger charge is -2.19. The lowest BCUT2D eigenvalue weighted by molar-refractivity contribution is 0.0996. The quantitative estimate of drug-likeness (QED) is 0.873. The molecule has 0 aliphatic carbocycles. The largest absolute Gasteiger partial charge is 0.495 e. The van der Waals surface area contributed by atoms with Crippen LogP contribution in [-0.4, -0.2) is 20.1 Å². The molecule has 0 saturated carbocycles. The van der Waals surface area contributed by atoms with Crippen LogP contribution in [0.1, 0.15) is 9.67 Å². The second-order valence-corrected chi connectivity index (χ2v) is 5.13. The molecule has 0 saturated heterocycles. The van der Waals surface area contributed by atoms with Crippen LogP contribution in [-0.2, 0) is 0 Å². The first-order valence-corrected chi connectivity index (χ1v) is 6.64. The highest BCUT2D eigenvalue weighted by molar-refractivity contribution is 7.80. The SMILES string of the molecule is COc1ccccc1N(C)C(=O)c1cc(S)cs1. The van der Waals surface area contributed by atoms with Gasteiger partial charge in [0.05, 0.1) is 17.7 Å². The highest BCUT2D eigenvalue weighted by Crippen LogP contribution is 2.29. The predicted molar refractivity (Wildman–Crippen MR) is 77.3 cm³/mol. The third kappa shape index (κ3) is 2.52. The number of nitrogens with zero attached hydrogens (tertiary/aromatic N) is 1. The van der Waals surface area contributed by atoms with E-state index in [0.29, 0.717) is 10.6 Å². The molecule has 5 heteroatoms. The Balaban J connectivity index is 2.31. The summed E-state index contributed by atoms with van der Waals surface area (Å²) in [6.45, 7) is 0. The highest BCUT2D eigenvalue weighted by Gasteiger charge is 2.17. The summed E-state index contributed by atoms with van der Waals surface area (Å²) in [5.74, 6) is 0.612. The van der Waals surface area contributed by atoms with Crippen molar-refractivity contribution in [2.45, 2.75) is 4.90 Å². The Morgan fingerprint density at radius 3 is 2.72 bits per heavy atom. The molecule has 0 bridgehead atoms. The number of amides is 1. The third-order valence-electron chi connectivity index (χ3n) is 2.55. The van der Waals surface area contributed by atoms with Gasteiger partial charge < -0.3 is 9.64 Å². The van der Waals surface area contributed by atoms with Crippen molar-refractivity contribution >= 4 is 35.6 Å². The molecule has 94 valence electrons. The average molecular weight is 279 g/mol. The maximum atomic E-state index is 12.3. The van der Waals surface area contributed by atoms with Crippen LogP contribution in [0.4, 0.5) is 5.69 Å². The summed E-state index contributed by atoms with van der Waals surface area (Å²) in [5.41, 5.74) is 0.749. The van der Waals surface area contributed by atoms with Gasteiger partial charge in [-0.1, -0.05) is 12.1 Å². The van der Waals surface area contributed by atoms with Gasteiger partial charge in [0, 0.05) is 17.3 Å².